The molecule has 1 rings (SSSR count). The second-order valence-electron chi connectivity index (χ2n) is 5.97. The Balaban J connectivity index is 2.47. The first-order chi connectivity index (χ1) is 9.46. The SMILES string of the molecule is C#CC(CC)(CC)NC(=O)CN(C)C1CCC(N)CC1. The summed E-state index contributed by atoms with van der Waals surface area (Å²) in [6.07, 6.45) is 11.3. The van der Waals surface area contributed by atoms with E-state index in [0.717, 1.165) is 38.5 Å². The van der Waals surface area contributed by atoms with E-state index in [2.05, 4.69) is 16.1 Å². The average molecular weight is 279 g/mol. The summed E-state index contributed by atoms with van der Waals surface area (Å²) < 4.78 is 0. The largest absolute Gasteiger partial charge is 0.339 e. The predicted molar refractivity (Wildman–Crippen MR) is 83.2 cm³/mol. The molecule has 0 aromatic heterocycles. The van der Waals surface area contributed by atoms with Crippen LogP contribution in [0, 0.1) is 12.3 Å². The van der Waals surface area contributed by atoms with Gasteiger partial charge < -0.3 is 11.1 Å². The summed E-state index contributed by atoms with van der Waals surface area (Å²) in [6, 6.07) is 0.798. The summed E-state index contributed by atoms with van der Waals surface area (Å²) in [5.74, 6) is 2.76. The number of nitrogens with one attached hydrogen (secondary N) is 1. The van der Waals surface area contributed by atoms with E-state index in [9.17, 15) is 4.79 Å². The lowest BCUT2D eigenvalue weighted by atomic mass is 9.91. The maximum absolute atomic E-state index is 12.2. The van der Waals surface area contributed by atoms with Crippen LogP contribution in [-0.2, 0) is 4.79 Å². The first-order valence-electron chi connectivity index (χ1n) is 7.71. The lowest BCUT2D eigenvalue weighted by Crippen LogP contribution is -2.51. The Morgan fingerprint density at radius 2 is 1.90 bits per heavy atom. The second-order valence-corrected chi connectivity index (χ2v) is 5.97. The minimum atomic E-state index is -0.493. The molecule has 3 N–H and O–H groups in total. The van der Waals surface area contributed by atoms with Crippen LogP contribution in [0.2, 0.25) is 0 Å². The predicted octanol–water partition coefficient (Wildman–Crippen LogP) is 1.50. The lowest BCUT2D eigenvalue weighted by molar-refractivity contribution is -0.124. The van der Waals surface area contributed by atoms with Gasteiger partial charge in [-0.25, -0.2) is 0 Å². The van der Waals surface area contributed by atoms with E-state index in [-0.39, 0.29) is 5.91 Å². The molecule has 0 unspecified atom stereocenters. The zero-order valence-electron chi connectivity index (χ0n) is 13.1. The van der Waals surface area contributed by atoms with Gasteiger partial charge in [0.25, 0.3) is 0 Å². The molecule has 0 aromatic rings. The van der Waals surface area contributed by atoms with Crippen molar-refractivity contribution in [2.45, 2.75) is 70.0 Å². The Morgan fingerprint density at radius 1 is 1.35 bits per heavy atom. The van der Waals surface area contributed by atoms with Gasteiger partial charge in [-0.1, -0.05) is 19.8 Å². The fraction of sp³-hybridized carbons (Fsp3) is 0.812. The van der Waals surface area contributed by atoms with Crippen LogP contribution in [0.4, 0.5) is 0 Å². The zero-order chi connectivity index (χ0) is 15.2. The molecule has 114 valence electrons. The van der Waals surface area contributed by atoms with Gasteiger partial charge in [0.2, 0.25) is 5.91 Å². The van der Waals surface area contributed by atoms with Crippen molar-refractivity contribution in [1.82, 2.24) is 10.2 Å². The Bertz CT molecular complexity index is 349. The standard InChI is InChI=1S/C16H29N3O/c1-5-16(6-2,7-3)18-15(20)12-19(4)14-10-8-13(17)9-11-14/h1,13-14H,6-12,17H2,2-4H3,(H,18,20). The van der Waals surface area contributed by atoms with Crippen molar-refractivity contribution >= 4 is 5.91 Å². The number of carbonyl (C=O) groups is 1. The van der Waals surface area contributed by atoms with E-state index >= 15 is 0 Å². The molecule has 0 aliphatic heterocycles. The highest BCUT2D eigenvalue weighted by atomic mass is 16.2. The molecule has 0 heterocycles. The lowest BCUT2D eigenvalue weighted by Gasteiger charge is -2.34. The first-order valence-corrected chi connectivity index (χ1v) is 7.71. The minimum Gasteiger partial charge on any atom is -0.339 e. The first kappa shape index (κ1) is 17.0. The van der Waals surface area contributed by atoms with Crippen molar-refractivity contribution in [2.24, 2.45) is 5.73 Å². The number of amides is 1. The number of rotatable bonds is 6. The summed E-state index contributed by atoms with van der Waals surface area (Å²) >= 11 is 0. The van der Waals surface area contributed by atoms with E-state index < -0.39 is 5.54 Å². The van der Waals surface area contributed by atoms with E-state index in [1.54, 1.807) is 0 Å². The molecule has 1 amide bonds. The third-order valence-electron chi connectivity index (χ3n) is 4.62. The molecule has 4 heteroatoms. The van der Waals surface area contributed by atoms with Gasteiger partial charge in [-0.2, -0.15) is 0 Å². The molecule has 0 aromatic carbocycles. The van der Waals surface area contributed by atoms with Gasteiger partial charge in [0.15, 0.2) is 0 Å². The smallest absolute Gasteiger partial charge is 0.235 e. The molecule has 1 fully saturated rings. The van der Waals surface area contributed by atoms with Gasteiger partial charge in [-0.05, 0) is 45.6 Å². The molecule has 0 radical (unpaired) electrons. The molecule has 0 atom stereocenters. The summed E-state index contributed by atoms with van der Waals surface area (Å²) in [6.45, 7) is 4.43. The van der Waals surface area contributed by atoms with Crippen molar-refractivity contribution in [3.8, 4) is 12.3 Å². The number of hydrogen-bond acceptors (Lipinski definition) is 3. The highest BCUT2D eigenvalue weighted by Crippen LogP contribution is 2.21. The van der Waals surface area contributed by atoms with Crippen molar-refractivity contribution in [3.05, 3.63) is 0 Å². The summed E-state index contributed by atoms with van der Waals surface area (Å²) in [7, 11) is 2.01. The summed E-state index contributed by atoms with van der Waals surface area (Å²) in [5.41, 5.74) is 5.42. The maximum atomic E-state index is 12.2. The third-order valence-corrected chi connectivity index (χ3v) is 4.62. The van der Waals surface area contributed by atoms with E-state index in [1.165, 1.54) is 0 Å². The van der Waals surface area contributed by atoms with Gasteiger partial charge in [-0.15, -0.1) is 6.42 Å². The molecule has 1 aliphatic carbocycles. The van der Waals surface area contributed by atoms with Crippen LogP contribution < -0.4 is 11.1 Å². The fourth-order valence-electron chi connectivity index (χ4n) is 2.87. The number of carbonyl (C=O) groups excluding carboxylic acids is 1. The minimum absolute atomic E-state index is 0.0176. The molecular formula is C16H29N3O. The third kappa shape index (κ3) is 4.50. The van der Waals surface area contributed by atoms with Crippen LogP contribution in [0.25, 0.3) is 0 Å². The molecular weight excluding hydrogens is 250 g/mol. The van der Waals surface area contributed by atoms with Crippen LogP contribution in [0.5, 0.6) is 0 Å². The molecule has 1 saturated carbocycles. The van der Waals surface area contributed by atoms with Crippen LogP contribution >= 0.6 is 0 Å². The monoisotopic (exact) mass is 279 g/mol. The summed E-state index contributed by atoms with van der Waals surface area (Å²) in [5, 5.41) is 3.02. The average Bonchev–Trinajstić information content (AvgIpc) is 2.45. The number of nitrogens with zero attached hydrogens (tertiary/aromatic N) is 1. The quantitative estimate of drug-likeness (QED) is 0.724. The van der Waals surface area contributed by atoms with Crippen molar-refractivity contribution in [2.75, 3.05) is 13.6 Å². The molecule has 0 saturated heterocycles. The Labute approximate surface area is 123 Å². The topological polar surface area (TPSA) is 58.4 Å². The van der Waals surface area contributed by atoms with E-state index in [1.807, 2.05) is 20.9 Å². The Hall–Kier alpha value is -1.05. The highest BCUT2D eigenvalue weighted by Gasteiger charge is 2.27. The van der Waals surface area contributed by atoms with E-state index in [0.29, 0.717) is 18.6 Å². The molecule has 1 aliphatic rings. The highest BCUT2D eigenvalue weighted by molar-refractivity contribution is 5.79. The van der Waals surface area contributed by atoms with Gasteiger partial charge in [0.1, 0.15) is 5.54 Å². The van der Waals surface area contributed by atoms with Gasteiger partial charge in [-0.3, -0.25) is 9.69 Å². The van der Waals surface area contributed by atoms with Crippen LogP contribution in [0.3, 0.4) is 0 Å². The van der Waals surface area contributed by atoms with Crippen LogP contribution in [-0.4, -0.2) is 42.0 Å². The molecule has 20 heavy (non-hydrogen) atoms. The molecule has 4 nitrogen and oxygen atoms in total. The van der Waals surface area contributed by atoms with Crippen LogP contribution in [0.15, 0.2) is 0 Å². The van der Waals surface area contributed by atoms with Gasteiger partial charge in [0, 0.05) is 12.1 Å². The zero-order valence-corrected chi connectivity index (χ0v) is 13.1. The van der Waals surface area contributed by atoms with Gasteiger partial charge >= 0.3 is 0 Å². The fourth-order valence-corrected chi connectivity index (χ4v) is 2.87. The maximum Gasteiger partial charge on any atom is 0.235 e. The Kier molecular flexibility index (Phi) is 6.51. The van der Waals surface area contributed by atoms with Gasteiger partial charge in [0.05, 0.1) is 6.54 Å². The molecule has 0 bridgehead atoms. The number of terminal acetylenes is 1. The van der Waals surface area contributed by atoms with E-state index in [4.69, 9.17) is 12.2 Å². The van der Waals surface area contributed by atoms with Crippen molar-refractivity contribution in [1.29, 1.82) is 0 Å². The van der Waals surface area contributed by atoms with Crippen molar-refractivity contribution < 1.29 is 4.79 Å². The Morgan fingerprint density at radius 3 is 2.35 bits per heavy atom. The normalized spacial score (nSPS) is 23.4. The number of nitrogens with two attached hydrogens (primary N) is 1. The van der Waals surface area contributed by atoms with Crippen LogP contribution in [0.1, 0.15) is 52.4 Å². The molecule has 0 spiro atoms. The number of hydrogen-bond donors (Lipinski definition) is 2. The summed E-state index contributed by atoms with van der Waals surface area (Å²) in [4.78, 5) is 14.3. The number of likely N-dealkylation sites (N-methyl/N-ethyl adjacent to an activating group) is 1. The second kappa shape index (κ2) is 7.66. The van der Waals surface area contributed by atoms with Crippen molar-refractivity contribution in [3.63, 3.8) is 0 Å².